The van der Waals surface area contributed by atoms with Crippen LogP contribution in [0.25, 0.3) is 0 Å². The Morgan fingerprint density at radius 2 is 1.96 bits per heavy atom. The van der Waals surface area contributed by atoms with Gasteiger partial charge in [-0.25, -0.2) is 4.79 Å². The van der Waals surface area contributed by atoms with Gasteiger partial charge in [-0.3, -0.25) is 9.69 Å². The second-order valence-electron chi connectivity index (χ2n) is 6.38. The summed E-state index contributed by atoms with van der Waals surface area (Å²) in [6.07, 6.45) is 1.76. The second kappa shape index (κ2) is 9.42. The molecule has 1 heterocycles. The lowest BCUT2D eigenvalue weighted by atomic mass is 9.92. The largest absolute Gasteiger partial charge is 0.464 e. The molecule has 6 heteroatoms. The Morgan fingerprint density at radius 3 is 2.60 bits per heavy atom. The molecule has 1 fully saturated rings. The highest BCUT2D eigenvalue weighted by molar-refractivity contribution is 5.69. The van der Waals surface area contributed by atoms with E-state index in [2.05, 4.69) is 0 Å². The lowest BCUT2D eigenvalue weighted by molar-refractivity contribution is -0.143. The summed E-state index contributed by atoms with van der Waals surface area (Å²) in [7, 11) is 0. The maximum Gasteiger partial charge on any atom is 0.410 e. The number of ether oxygens (including phenoxy) is 2. The zero-order chi connectivity index (χ0) is 18.2. The van der Waals surface area contributed by atoms with E-state index in [9.17, 15) is 14.7 Å². The van der Waals surface area contributed by atoms with Gasteiger partial charge in [0.05, 0.1) is 18.2 Å². The molecule has 138 valence electrons. The van der Waals surface area contributed by atoms with Crippen LogP contribution in [-0.2, 0) is 20.9 Å². The Labute approximate surface area is 148 Å². The van der Waals surface area contributed by atoms with Crippen LogP contribution < -0.4 is 0 Å². The van der Waals surface area contributed by atoms with E-state index in [1.807, 2.05) is 37.3 Å². The first kappa shape index (κ1) is 19.2. The van der Waals surface area contributed by atoms with Gasteiger partial charge in [0.25, 0.3) is 0 Å². The summed E-state index contributed by atoms with van der Waals surface area (Å²) in [6.45, 7) is 3.53. The van der Waals surface area contributed by atoms with Gasteiger partial charge in [-0.05, 0) is 31.2 Å². The molecule has 6 nitrogen and oxygen atoms in total. The van der Waals surface area contributed by atoms with Gasteiger partial charge >= 0.3 is 12.1 Å². The van der Waals surface area contributed by atoms with Crippen LogP contribution in [0.2, 0.25) is 0 Å². The average Bonchev–Trinajstić information content (AvgIpc) is 2.64. The molecular weight excluding hydrogens is 322 g/mol. The number of rotatable bonds is 6. The highest BCUT2D eigenvalue weighted by Gasteiger charge is 2.38. The first-order chi connectivity index (χ1) is 12.0. The van der Waals surface area contributed by atoms with E-state index in [4.69, 9.17) is 9.47 Å². The minimum absolute atomic E-state index is 0.128. The number of nitrogens with zero attached hydrogens (tertiary/aromatic N) is 1. The molecule has 25 heavy (non-hydrogen) atoms. The predicted molar refractivity (Wildman–Crippen MR) is 92.8 cm³/mol. The van der Waals surface area contributed by atoms with Gasteiger partial charge in [-0.15, -0.1) is 0 Å². The van der Waals surface area contributed by atoms with Gasteiger partial charge in [0.15, 0.2) is 0 Å². The number of hydrogen-bond acceptors (Lipinski definition) is 5. The zero-order valence-corrected chi connectivity index (χ0v) is 14.9. The Bertz CT molecular complexity index is 562. The number of carbonyl (C=O) groups excluding carboxylic acids is 2. The van der Waals surface area contributed by atoms with Crippen molar-refractivity contribution >= 4 is 12.1 Å². The van der Waals surface area contributed by atoms with E-state index >= 15 is 0 Å². The Hall–Kier alpha value is -2.08. The summed E-state index contributed by atoms with van der Waals surface area (Å²) in [5.74, 6) is -0.379. The summed E-state index contributed by atoms with van der Waals surface area (Å²) in [5, 5.41) is 10.3. The molecule has 0 aliphatic carbocycles. The molecule has 0 bridgehead atoms. The van der Waals surface area contributed by atoms with Crippen LogP contribution in [-0.4, -0.2) is 46.9 Å². The molecule has 0 spiro atoms. The van der Waals surface area contributed by atoms with Gasteiger partial charge in [-0.1, -0.05) is 37.3 Å². The normalized spacial score (nSPS) is 21.5. The fraction of sp³-hybridized carbons (Fsp3) is 0.579. The van der Waals surface area contributed by atoms with Crippen LogP contribution in [0.3, 0.4) is 0 Å². The Kier molecular flexibility index (Phi) is 7.25. The van der Waals surface area contributed by atoms with Crippen molar-refractivity contribution in [2.45, 2.75) is 64.3 Å². The molecule has 1 N–H and O–H groups in total. The molecule has 0 aromatic heterocycles. The van der Waals surface area contributed by atoms with Crippen LogP contribution >= 0.6 is 0 Å². The number of aliphatic hydroxyl groups excluding tert-OH is 1. The van der Waals surface area contributed by atoms with Gasteiger partial charge in [0, 0.05) is 6.92 Å². The van der Waals surface area contributed by atoms with E-state index in [0.717, 1.165) is 18.4 Å². The van der Waals surface area contributed by atoms with Crippen LogP contribution in [0.4, 0.5) is 4.79 Å². The van der Waals surface area contributed by atoms with Crippen molar-refractivity contribution < 1.29 is 24.2 Å². The lowest BCUT2D eigenvalue weighted by Crippen LogP contribution is -2.56. The number of benzene rings is 1. The van der Waals surface area contributed by atoms with Crippen molar-refractivity contribution in [2.75, 3.05) is 6.61 Å². The van der Waals surface area contributed by atoms with E-state index in [0.29, 0.717) is 12.8 Å². The number of aliphatic hydroxyl groups is 1. The summed E-state index contributed by atoms with van der Waals surface area (Å²) < 4.78 is 10.6. The van der Waals surface area contributed by atoms with E-state index in [-0.39, 0.29) is 31.3 Å². The van der Waals surface area contributed by atoms with E-state index in [1.165, 1.54) is 6.92 Å². The van der Waals surface area contributed by atoms with Gasteiger partial charge in [-0.2, -0.15) is 0 Å². The van der Waals surface area contributed by atoms with Crippen LogP contribution in [0.5, 0.6) is 0 Å². The van der Waals surface area contributed by atoms with Crippen molar-refractivity contribution in [3.63, 3.8) is 0 Å². The third kappa shape index (κ3) is 5.46. The number of hydrogen-bond donors (Lipinski definition) is 1. The number of piperidine rings is 1. The highest BCUT2D eigenvalue weighted by atomic mass is 16.6. The van der Waals surface area contributed by atoms with Crippen molar-refractivity contribution in [3.05, 3.63) is 35.9 Å². The van der Waals surface area contributed by atoms with E-state index < -0.39 is 12.2 Å². The molecular formula is C19H27NO5. The van der Waals surface area contributed by atoms with Crippen molar-refractivity contribution in [1.82, 2.24) is 4.90 Å². The molecule has 1 aromatic rings. The minimum atomic E-state index is -0.621. The summed E-state index contributed by atoms with van der Waals surface area (Å²) in [4.78, 5) is 25.4. The maximum atomic E-state index is 12.7. The maximum absolute atomic E-state index is 12.7. The summed E-state index contributed by atoms with van der Waals surface area (Å²) in [5.41, 5.74) is 0.900. The standard InChI is InChI=1S/C19H27NO5/c1-3-18(22)17-11-7-10-16(13-24-14(2)21)20(17)19(23)25-12-15-8-5-4-6-9-15/h4-6,8-9,16-18,22H,3,7,10-13H2,1-2H3/t16-,17+,18+/m0/s1. The van der Waals surface area contributed by atoms with Crippen LogP contribution in [0.15, 0.2) is 30.3 Å². The van der Waals surface area contributed by atoms with E-state index in [1.54, 1.807) is 4.90 Å². The first-order valence-electron chi connectivity index (χ1n) is 8.83. The molecule has 0 saturated carbocycles. The fourth-order valence-electron chi connectivity index (χ4n) is 3.22. The predicted octanol–water partition coefficient (Wildman–Crippen LogP) is 2.88. The third-order valence-electron chi connectivity index (χ3n) is 4.55. The fourth-order valence-corrected chi connectivity index (χ4v) is 3.22. The van der Waals surface area contributed by atoms with Gasteiger partial charge in [0.2, 0.25) is 0 Å². The quantitative estimate of drug-likeness (QED) is 0.799. The van der Waals surface area contributed by atoms with Crippen molar-refractivity contribution in [2.24, 2.45) is 0 Å². The zero-order valence-electron chi connectivity index (χ0n) is 14.9. The minimum Gasteiger partial charge on any atom is -0.464 e. The summed E-state index contributed by atoms with van der Waals surface area (Å²) >= 11 is 0. The summed E-state index contributed by atoms with van der Waals surface area (Å²) in [6, 6.07) is 8.86. The topological polar surface area (TPSA) is 76.1 Å². The molecule has 1 aliphatic heterocycles. The van der Waals surface area contributed by atoms with Crippen molar-refractivity contribution in [1.29, 1.82) is 0 Å². The van der Waals surface area contributed by atoms with Gasteiger partial charge in [0.1, 0.15) is 13.2 Å². The number of esters is 1. The third-order valence-corrected chi connectivity index (χ3v) is 4.55. The average molecular weight is 349 g/mol. The molecule has 2 rings (SSSR count). The van der Waals surface area contributed by atoms with Crippen LogP contribution in [0, 0.1) is 0 Å². The first-order valence-corrected chi connectivity index (χ1v) is 8.83. The monoisotopic (exact) mass is 349 g/mol. The second-order valence-corrected chi connectivity index (χ2v) is 6.38. The Balaban J connectivity index is 2.08. The lowest BCUT2D eigenvalue weighted by Gasteiger charge is -2.42. The molecule has 1 aromatic carbocycles. The number of carbonyl (C=O) groups is 2. The molecule has 1 aliphatic rings. The molecule has 0 unspecified atom stereocenters. The van der Waals surface area contributed by atoms with Crippen molar-refractivity contribution in [3.8, 4) is 0 Å². The smallest absolute Gasteiger partial charge is 0.410 e. The Morgan fingerprint density at radius 1 is 1.24 bits per heavy atom. The molecule has 0 radical (unpaired) electrons. The number of likely N-dealkylation sites (tertiary alicyclic amines) is 1. The number of amides is 1. The molecule has 1 amide bonds. The van der Waals surface area contributed by atoms with Crippen LogP contribution in [0.1, 0.15) is 45.1 Å². The highest BCUT2D eigenvalue weighted by Crippen LogP contribution is 2.27. The molecule has 3 atom stereocenters. The molecule has 1 saturated heterocycles. The SMILES string of the molecule is CC[C@@H](O)[C@H]1CCC[C@@H](COC(C)=O)N1C(=O)OCc1ccccc1. The van der Waals surface area contributed by atoms with Gasteiger partial charge < -0.3 is 14.6 Å².